The predicted octanol–water partition coefficient (Wildman–Crippen LogP) is -3.42. The largest absolute Gasteiger partial charge is 0.508 e. The van der Waals surface area contributed by atoms with E-state index in [4.69, 9.17) is 17.2 Å². The van der Waals surface area contributed by atoms with E-state index < -0.39 is 139 Å². The number of phenols is 1. The molecule has 10 unspecified atom stereocenters. The number of amides is 8. The van der Waals surface area contributed by atoms with Crippen molar-refractivity contribution >= 4 is 76.9 Å². The molecule has 2 rings (SSSR count). The standard InChI is InChI=1S/C50H76N12O15S/c1-26(2)22-36(45(72)58-35(49(76)77)12-9-20-54-50(52)53)59-47(74)38(25-63)61-43(70)33(17-18-39(66)67)56-44(71)34(19-21-78-5)57-46(73)37(24-29-10-7-6-8-11-29)60-48(75)40(28(4)64)62-41(68)27(3)55-42(69)32(51)23-30-13-15-31(65)16-14-30/h6-8,10-11,13-16,26-28,32-38,40,63-65H,9,12,17-25,51H2,1-5H3,(H,55,69)(H,56,71)(H,57,73)(H,58,72)(H,59,74)(H,60,75)(H,61,70)(H,62,68)(H,66,67)(H,76,77)(H4,52,53,54). The topological polar surface area (TPSA) is 459 Å². The summed E-state index contributed by atoms with van der Waals surface area (Å²) in [6.07, 6.45) is -1.21. The number of nitrogens with two attached hydrogens (primary N) is 3. The number of thioether (sulfide) groups is 1. The van der Waals surface area contributed by atoms with Gasteiger partial charge in [0.1, 0.15) is 54.1 Å². The van der Waals surface area contributed by atoms with Gasteiger partial charge in [-0.25, -0.2) is 4.79 Å². The molecule has 0 fully saturated rings. The van der Waals surface area contributed by atoms with Gasteiger partial charge in [0, 0.05) is 19.4 Å². The molecule has 0 spiro atoms. The number of nitrogens with one attached hydrogen (secondary N) is 8. The minimum Gasteiger partial charge on any atom is -0.508 e. The van der Waals surface area contributed by atoms with Crippen LogP contribution in [0.15, 0.2) is 59.6 Å². The van der Waals surface area contributed by atoms with E-state index in [1.54, 1.807) is 62.6 Å². The SMILES string of the molecule is CSCCC(NC(=O)C(Cc1ccccc1)NC(=O)C(NC(=O)C(C)NC(=O)C(N)Cc1ccc(O)cc1)C(C)O)C(=O)NC(CCC(=O)O)C(=O)NC(CO)C(=O)NC(CC(C)C)C(=O)NC(CCCN=C(N)N)C(=O)O. The van der Waals surface area contributed by atoms with Crippen molar-refractivity contribution < 1.29 is 73.5 Å². The third-order valence-electron chi connectivity index (χ3n) is 11.7. The number of aliphatic imine (C=N–C) groups is 1. The lowest BCUT2D eigenvalue weighted by Crippen LogP contribution is -2.62. The number of benzene rings is 2. The molecule has 78 heavy (non-hydrogen) atoms. The maximum absolute atomic E-state index is 14.3. The molecule has 10 atom stereocenters. The van der Waals surface area contributed by atoms with Gasteiger partial charge in [0.05, 0.1) is 18.8 Å². The number of phenolic OH excluding ortho intramolecular Hbond substituents is 1. The Morgan fingerprint density at radius 2 is 1.10 bits per heavy atom. The van der Waals surface area contributed by atoms with E-state index in [0.717, 1.165) is 0 Å². The number of carboxylic acids is 2. The summed E-state index contributed by atoms with van der Waals surface area (Å²) < 4.78 is 0. The molecule has 0 aliphatic rings. The highest BCUT2D eigenvalue weighted by atomic mass is 32.2. The summed E-state index contributed by atoms with van der Waals surface area (Å²) in [5, 5.41) is 69.2. The Morgan fingerprint density at radius 1 is 0.590 bits per heavy atom. The number of aliphatic hydroxyl groups excluding tert-OH is 2. The molecule has 0 radical (unpaired) electrons. The summed E-state index contributed by atoms with van der Waals surface area (Å²) >= 11 is 1.28. The molecule has 0 aliphatic heterocycles. The van der Waals surface area contributed by atoms with Crippen LogP contribution in [0.1, 0.15) is 77.3 Å². The monoisotopic (exact) mass is 1120 g/mol. The second-order valence-electron chi connectivity index (χ2n) is 18.8. The fraction of sp³-hybridized carbons (Fsp3) is 0.540. The summed E-state index contributed by atoms with van der Waals surface area (Å²) in [5.41, 5.74) is 17.8. The molecule has 2 aromatic rings. The van der Waals surface area contributed by atoms with Gasteiger partial charge in [-0.05, 0) is 93.6 Å². The number of aliphatic hydroxyl groups is 2. The van der Waals surface area contributed by atoms with Gasteiger partial charge in [0.25, 0.3) is 0 Å². The zero-order valence-electron chi connectivity index (χ0n) is 44.2. The van der Waals surface area contributed by atoms with Gasteiger partial charge >= 0.3 is 11.9 Å². The Kier molecular flexibility index (Phi) is 29.2. The molecule has 19 N–H and O–H groups in total. The lowest BCUT2D eigenvalue weighted by atomic mass is 10.0. The molecule has 432 valence electrons. The van der Waals surface area contributed by atoms with Crippen molar-refractivity contribution in [1.29, 1.82) is 0 Å². The minimum absolute atomic E-state index is 0.0141. The average molecular weight is 1120 g/mol. The lowest BCUT2D eigenvalue weighted by Gasteiger charge is -2.28. The molecule has 0 aromatic heterocycles. The van der Waals surface area contributed by atoms with E-state index in [1.807, 2.05) is 0 Å². The molecule has 28 heteroatoms. The first-order valence-corrected chi connectivity index (χ1v) is 26.4. The van der Waals surface area contributed by atoms with Crippen LogP contribution in [0.5, 0.6) is 5.75 Å². The van der Waals surface area contributed by atoms with Crippen molar-refractivity contribution in [3.05, 3.63) is 65.7 Å². The maximum atomic E-state index is 14.3. The van der Waals surface area contributed by atoms with Crippen molar-refractivity contribution in [2.45, 2.75) is 140 Å². The normalized spacial score (nSPS) is 14.9. The lowest BCUT2D eigenvalue weighted by molar-refractivity contribution is -0.142. The maximum Gasteiger partial charge on any atom is 0.326 e. The average Bonchev–Trinajstić information content (AvgIpc) is 3.37. The second kappa shape index (κ2) is 34.3. The van der Waals surface area contributed by atoms with Crippen LogP contribution in [0.4, 0.5) is 0 Å². The van der Waals surface area contributed by atoms with E-state index in [1.165, 1.54) is 37.7 Å². The zero-order chi connectivity index (χ0) is 58.6. The van der Waals surface area contributed by atoms with Crippen molar-refractivity contribution in [3.63, 3.8) is 0 Å². The van der Waals surface area contributed by atoms with Crippen LogP contribution in [0.2, 0.25) is 0 Å². The molecule has 8 amide bonds. The number of aromatic hydroxyl groups is 1. The Morgan fingerprint density at radius 3 is 1.64 bits per heavy atom. The van der Waals surface area contributed by atoms with E-state index in [9.17, 15) is 73.5 Å². The number of nitrogens with zero attached hydrogens (tertiary/aromatic N) is 1. The number of carbonyl (C=O) groups excluding carboxylic acids is 8. The summed E-state index contributed by atoms with van der Waals surface area (Å²) in [7, 11) is 0. The smallest absolute Gasteiger partial charge is 0.326 e. The Labute approximate surface area is 455 Å². The quantitative estimate of drug-likeness (QED) is 0.0182. The predicted molar refractivity (Wildman–Crippen MR) is 287 cm³/mol. The Bertz CT molecular complexity index is 2360. The van der Waals surface area contributed by atoms with Crippen molar-refractivity contribution in [2.75, 3.05) is 25.2 Å². The third kappa shape index (κ3) is 24.6. The van der Waals surface area contributed by atoms with Crippen LogP contribution in [-0.2, 0) is 60.8 Å². The molecule has 2 aromatic carbocycles. The molecule has 27 nitrogen and oxygen atoms in total. The van der Waals surface area contributed by atoms with E-state index in [0.29, 0.717) is 11.1 Å². The number of hydrogen-bond donors (Lipinski definition) is 16. The minimum atomic E-state index is -1.79. The van der Waals surface area contributed by atoms with Crippen molar-refractivity contribution in [3.8, 4) is 5.75 Å². The first-order valence-electron chi connectivity index (χ1n) is 25.0. The Balaban J connectivity index is 2.33. The van der Waals surface area contributed by atoms with Gasteiger partial charge in [0.2, 0.25) is 47.3 Å². The fourth-order valence-corrected chi connectivity index (χ4v) is 7.90. The first-order chi connectivity index (χ1) is 36.8. The molecule has 0 heterocycles. The van der Waals surface area contributed by atoms with Crippen LogP contribution < -0.4 is 59.7 Å². The van der Waals surface area contributed by atoms with Crippen molar-refractivity contribution in [1.82, 2.24) is 42.5 Å². The van der Waals surface area contributed by atoms with Gasteiger partial charge < -0.3 is 85.3 Å². The number of carbonyl (C=O) groups is 10. The van der Waals surface area contributed by atoms with Gasteiger partial charge in [0.15, 0.2) is 5.96 Å². The summed E-state index contributed by atoms with van der Waals surface area (Å²) in [6, 6.07) is 1.05. The fourth-order valence-electron chi connectivity index (χ4n) is 7.43. The van der Waals surface area contributed by atoms with Crippen molar-refractivity contribution in [2.24, 2.45) is 28.1 Å². The zero-order valence-corrected chi connectivity index (χ0v) is 45.0. The number of aliphatic carboxylic acids is 2. The molecular formula is C50H76N12O15S. The number of guanidine groups is 1. The Hall–Kier alpha value is -7.56. The van der Waals surface area contributed by atoms with E-state index in [-0.39, 0.29) is 68.4 Å². The van der Waals surface area contributed by atoms with E-state index >= 15 is 0 Å². The van der Waals surface area contributed by atoms with E-state index in [2.05, 4.69) is 47.5 Å². The van der Waals surface area contributed by atoms with Gasteiger partial charge in [-0.3, -0.25) is 48.1 Å². The van der Waals surface area contributed by atoms with Crippen LogP contribution in [0.25, 0.3) is 0 Å². The highest BCUT2D eigenvalue weighted by molar-refractivity contribution is 7.98. The molecule has 0 saturated heterocycles. The molecule has 0 saturated carbocycles. The van der Waals surface area contributed by atoms with Gasteiger partial charge in [-0.2, -0.15) is 11.8 Å². The highest BCUT2D eigenvalue weighted by Gasteiger charge is 2.36. The number of rotatable bonds is 35. The highest BCUT2D eigenvalue weighted by Crippen LogP contribution is 2.13. The number of hydrogen-bond acceptors (Lipinski definition) is 16. The molecular weight excluding hydrogens is 1040 g/mol. The summed E-state index contributed by atoms with van der Waals surface area (Å²) in [4.78, 5) is 137. The molecule has 0 bridgehead atoms. The third-order valence-corrected chi connectivity index (χ3v) is 12.3. The van der Waals surface area contributed by atoms with Crippen LogP contribution >= 0.6 is 11.8 Å². The van der Waals surface area contributed by atoms with Crippen LogP contribution in [0, 0.1) is 5.92 Å². The first kappa shape index (κ1) is 66.6. The van der Waals surface area contributed by atoms with Crippen LogP contribution in [-0.4, -0.2) is 176 Å². The molecule has 0 aliphatic carbocycles. The summed E-state index contributed by atoms with van der Waals surface area (Å²) in [5.74, 6) is -10.6. The summed E-state index contributed by atoms with van der Waals surface area (Å²) in [6.45, 7) is 4.98. The second-order valence-corrected chi connectivity index (χ2v) is 19.8. The van der Waals surface area contributed by atoms with Gasteiger partial charge in [-0.15, -0.1) is 0 Å². The van der Waals surface area contributed by atoms with Gasteiger partial charge in [-0.1, -0.05) is 56.3 Å². The number of carboxylic acid groups (broad SMARTS) is 2. The van der Waals surface area contributed by atoms with Crippen LogP contribution in [0.3, 0.4) is 0 Å².